The first-order chi connectivity index (χ1) is 8.24. The van der Waals surface area contributed by atoms with E-state index in [-0.39, 0.29) is 5.91 Å². The van der Waals surface area contributed by atoms with E-state index in [4.69, 9.17) is 5.73 Å². The minimum atomic E-state index is 0.143. The van der Waals surface area contributed by atoms with Crippen molar-refractivity contribution in [1.29, 1.82) is 0 Å². The first kappa shape index (κ1) is 10.3. The molecule has 1 aliphatic heterocycles. The normalized spacial score (nSPS) is 27.3. The maximum atomic E-state index is 11.3. The van der Waals surface area contributed by atoms with E-state index in [9.17, 15) is 4.79 Å². The summed E-state index contributed by atoms with van der Waals surface area (Å²) >= 11 is 0. The van der Waals surface area contributed by atoms with Crippen LogP contribution in [0, 0.1) is 5.92 Å². The smallest absolute Gasteiger partial charge is 0.224 e. The number of carbonyl (C=O) groups excluding carboxylic acids is 1. The molecule has 3 N–H and O–H groups in total. The Morgan fingerprint density at radius 1 is 1.41 bits per heavy atom. The molecule has 3 rings (SSSR count). The van der Waals surface area contributed by atoms with Crippen LogP contribution in [-0.2, 0) is 4.79 Å². The van der Waals surface area contributed by atoms with E-state index in [1.807, 2.05) is 6.07 Å². The fraction of sp³-hybridized carbons (Fsp3) is 0.385. The molecule has 0 aromatic carbocycles. The van der Waals surface area contributed by atoms with E-state index in [0.29, 0.717) is 18.3 Å². The Labute approximate surface area is 99.9 Å². The zero-order valence-electron chi connectivity index (χ0n) is 9.52. The predicted octanol–water partition coefficient (Wildman–Crippen LogP) is 1.56. The highest BCUT2D eigenvalue weighted by atomic mass is 16.1. The molecule has 1 aromatic rings. The molecule has 0 radical (unpaired) electrons. The van der Waals surface area contributed by atoms with E-state index in [2.05, 4.69) is 16.4 Å². The lowest BCUT2D eigenvalue weighted by Gasteiger charge is -2.25. The Balaban J connectivity index is 1.85. The summed E-state index contributed by atoms with van der Waals surface area (Å²) in [6, 6.07) is 1.99. The standard InChI is InChI=1S/C13H15N3O/c14-11-7-15-4-3-10(11)8-1-2-12-9(5-8)6-13(17)16-12/h2-4,7-9H,1,5-6,14H2,(H,16,17). The highest BCUT2D eigenvalue weighted by Crippen LogP contribution is 2.40. The number of aromatic nitrogens is 1. The summed E-state index contributed by atoms with van der Waals surface area (Å²) in [4.78, 5) is 15.3. The van der Waals surface area contributed by atoms with Crippen molar-refractivity contribution in [2.24, 2.45) is 5.92 Å². The van der Waals surface area contributed by atoms with Gasteiger partial charge in [0.2, 0.25) is 5.91 Å². The van der Waals surface area contributed by atoms with Crippen LogP contribution in [0.3, 0.4) is 0 Å². The Bertz CT molecular complexity index is 495. The third-order valence-corrected chi connectivity index (χ3v) is 3.67. The Morgan fingerprint density at radius 2 is 2.29 bits per heavy atom. The number of amides is 1. The lowest BCUT2D eigenvalue weighted by atomic mass is 9.80. The topological polar surface area (TPSA) is 68.0 Å². The molecule has 0 bridgehead atoms. The van der Waals surface area contributed by atoms with Gasteiger partial charge in [-0.3, -0.25) is 9.78 Å². The molecule has 4 heteroatoms. The molecular formula is C13H15N3O. The second kappa shape index (κ2) is 3.87. The van der Waals surface area contributed by atoms with Gasteiger partial charge in [-0.1, -0.05) is 6.08 Å². The number of nitrogens with zero attached hydrogens (tertiary/aromatic N) is 1. The molecule has 88 valence electrons. The zero-order chi connectivity index (χ0) is 11.8. The van der Waals surface area contributed by atoms with Gasteiger partial charge in [-0.2, -0.15) is 0 Å². The van der Waals surface area contributed by atoms with Crippen LogP contribution in [-0.4, -0.2) is 10.9 Å². The highest BCUT2D eigenvalue weighted by molar-refractivity contribution is 5.81. The summed E-state index contributed by atoms with van der Waals surface area (Å²) in [5.74, 6) is 0.915. The van der Waals surface area contributed by atoms with Crippen molar-refractivity contribution < 1.29 is 4.79 Å². The second-order valence-corrected chi connectivity index (χ2v) is 4.78. The summed E-state index contributed by atoms with van der Waals surface area (Å²) in [5.41, 5.74) is 8.98. The van der Waals surface area contributed by atoms with Gasteiger partial charge in [-0.25, -0.2) is 0 Å². The number of fused-ring (bicyclic) bond motifs is 1. The van der Waals surface area contributed by atoms with Crippen LogP contribution in [0.5, 0.6) is 0 Å². The molecule has 2 atom stereocenters. The van der Waals surface area contributed by atoms with E-state index in [0.717, 1.165) is 29.8 Å². The highest BCUT2D eigenvalue weighted by Gasteiger charge is 2.33. The van der Waals surface area contributed by atoms with Crippen molar-refractivity contribution >= 4 is 11.6 Å². The summed E-state index contributed by atoms with van der Waals surface area (Å²) in [7, 11) is 0. The molecular weight excluding hydrogens is 214 g/mol. The van der Waals surface area contributed by atoms with E-state index >= 15 is 0 Å². The lowest BCUT2D eigenvalue weighted by molar-refractivity contribution is -0.119. The van der Waals surface area contributed by atoms with Crippen LogP contribution in [0.15, 0.2) is 30.2 Å². The molecule has 1 amide bonds. The van der Waals surface area contributed by atoms with Gasteiger partial charge in [-0.15, -0.1) is 0 Å². The zero-order valence-corrected chi connectivity index (χ0v) is 9.52. The minimum Gasteiger partial charge on any atom is -0.397 e. The van der Waals surface area contributed by atoms with Gasteiger partial charge in [0.25, 0.3) is 0 Å². The molecule has 17 heavy (non-hydrogen) atoms. The molecule has 1 saturated heterocycles. The third-order valence-electron chi connectivity index (χ3n) is 3.67. The van der Waals surface area contributed by atoms with Crippen LogP contribution < -0.4 is 11.1 Å². The average Bonchev–Trinajstić information content (AvgIpc) is 2.68. The lowest BCUT2D eigenvalue weighted by Crippen LogP contribution is -2.17. The van der Waals surface area contributed by atoms with Gasteiger partial charge >= 0.3 is 0 Å². The van der Waals surface area contributed by atoms with Gasteiger partial charge in [-0.05, 0) is 30.4 Å². The monoisotopic (exact) mass is 229 g/mol. The van der Waals surface area contributed by atoms with Gasteiger partial charge < -0.3 is 11.1 Å². The maximum Gasteiger partial charge on any atom is 0.224 e. The quantitative estimate of drug-likeness (QED) is 0.768. The number of hydrogen-bond acceptors (Lipinski definition) is 3. The number of hydrogen-bond donors (Lipinski definition) is 2. The van der Waals surface area contributed by atoms with E-state index in [1.165, 1.54) is 0 Å². The number of nitrogens with two attached hydrogens (primary N) is 1. The minimum absolute atomic E-state index is 0.143. The first-order valence-corrected chi connectivity index (χ1v) is 5.93. The van der Waals surface area contributed by atoms with Gasteiger partial charge in [0.05, 0.1) is 11.9 Å². The number of anilines is 1. The molecule has 4 nitrogen and oxygen atoms in total. The molecule has 1 aromatic heterocycles. The largest absolute Gasteiger partial charge is 0.397 e. The third kappa shape index (κ3) is 1.79. The fourth-order valence-electron chi connectivity index (χ4n) is 2.83. The Morgan fingerprint density at radius 3 is 3.12 bits per heavy atom. The number of nitrogen functional groups attached to an aromatic ring is 1. The predicted molar refractivity (Wildman–Crippen MR) is 65.0 cm³/mol. The van der Waals surface area contributed by atoms with Crippen LogP contribution in [0.25, 0.3) is 0 Å². The summed E-state index contributed by atoms with van der Waals surface area (Å²) in [6.45, 7) is 0. The van der Waals surface area contributed by atoms with Crippen molar-refractivity contribution in [1.82, 2.24) is 10.3 Å². The first-order valence-electron chi connectivity index (χ1n) is 5.93. The van der Waals surface area contributed by atoms with Gasteiger partial charge in [0.1, 0.15) is 0 Å². The van der Waals surface area contributed by atoms with Gasteiger partial charge in [0, 0.05) is 24.2 Å². The van der Waals surface area contributed by atoms with Crippen LogP contribution in [0.2, 0.25) is 0 Å². The van der Waals surface area contributed by atoms with Crippen molar-refractivity contribution in [3.63, 3.8) is 0 Å². The Hall–Kier alpha value is -1.84. The van der Waals surface area contributed by atoms with Crippen molar-refractivity contribution in [2.75, 3.05) is 5.73 Å². The number of nitrogens with one attached hydrogen (secondary N) is 1. The molecule has 1 aliphatic carbocycles. The maximum absolute atomic E-state index is 11.3. The SMILES string of the molecule is Nc1cnccc1C1CC=C2NC(=O)CC2C1. The molecule has 0 saturated carbocycles. The number of pyridine rings is 1. The summed E-state index contributed by atoms with van der Waals surface area (Å²) < 4.78 is 0. The fourth-order valence-corrected chi connectivity index (χ4v) is 2.83. The molecule has 2 heterocycles. The van der Waals surface area contributed by atoms with Crippen LogP contribution in [0.1, 0.15) is 30.7 Å². The van der Waals surface area contributed by atoms with E-state index in [1.54, 1.807) is 12.4 Å². The number of allylic oxidation sites excluding steroid dienone is 2. The van der Waals surface area contributed by atoms with Crippen molar-refractivity contribution in [3.05, 3.63) is 35.8 Å². The average molecular weight is 229 g/mol. The molecule has 2 unspecified atom stereocenters. The van der Waals surface area contributed by atoms with E-state index < -0.39 is 0 Å². The Kier molecular flexibility index (Phi) is 2.35. The summed E-state index contributed by atoms with van der Waals surface area (Å²) in [5, 5.41) is 2.92. The van der Waals surface area contributed by atoms with Crippen LogP contribution >= 0.6 is 0 Å². The molecule has 2 aliphatic rings. The summed E-state index contributed by atoms with van der Waals surface area (Å²) in [6.07, 6.45) is 8.19. The van der Waals surface area contributed by atoms with Crippen molar-refractivity contribution in [3.8, 4) is 0 Å². The molecule has 1 fully saturated rings. The van der Waals surface area contributed by atoms with Crippen LogP contribution in [0.4, 0.5) is 5.69 Å². The molecule has 0 spiro atoms. The van der Waals surface area contributed by atoms with Crippen molar-refractivity contribution in [2.45, 2.75) is 25.2 Å². The second-order valence-electron chi connectivity index (χ2n) is 4.78. The van der Waals surface area contributed by atoms with Gasteiger partial charge in [0.15, 0.2) is 0 Å². The number of rotatable bonds is 1. The number of carbonyl (C=O) groups is 1.